The van der Waals surface area contributed by atoms with E-state index in [4.69, 9.17) is 0 Å². The van der Waals surface area contributed by atoms with E-state index in [1.807, 2.05) is 0 Å². The maximum absolute atomic E-state index is 3.66. The number of nitrogens with one attached hydrogen (secondary N) is 1. The van der Waals surface area contributed by atoms with Crippen LogP contribution in [0.4, 0.5) is 5.69 Å². The van der Waals surface area contributed by atoms with E-state index in [1.165, 1.54) is 23.4 Å². The summed E-state index contributed by atoms with van der Waals surface area (Å²) in [6.45, 7) is 3.31. The van der Waals surface area contributed by atoms with E-state index in [-0.39, 0.29) is 0 Å². The van der Waals surface area contributed by atoms with E-state index in [0.29, 0.717) is 6.04 Å². The quantitative estimate of drug-likeness (QED) is 0.884. The molecule has 2 atom stereocenters. The number of rotatable bonds is 4. The summed E-state index contributed by atoms with van der Waals surface area (Å²) in [5.74, 6) is 1.30. The van der Waals surface area contributed by atoms with Crippen LogP contribution in [0.1, 0.15) is 18.9 Å². The van der Waals surface area contributed by atoms with E-state index in [1.54, 1.807) is 0 Å². The molecule has 1 aliphatic heterocycles. The van der Waals surface area contributed by atoms with Crippen molar-refractivity contribution in [2.45, 2.75) is 31.2 Å². The molecule has 1 aromatic rings. The maximum atomic E-state index is 3.66. The predicted molar refractivity (Wildman–Crippen MR) is 77.9 cm³/mol. The van der Waals surface area contributed by atoms with Gasteiger partial charge >= 0.3 is 0 Å². The summed E-state index contributed by atoms with van der Waals surface area (Å²) in [6, 6.07) is 9.49. The number of benzene rings is 1. The fourth-order valence-electron chi connectivity index (χ4n) is 2.16. The van der Waals surface area contributed by atoms with Crippen LogP contribution < -0.4 is 10.2 Å². The van der Waals surface area contributed by atoms with E-state index in [0.717, 1.165) is 11.8 Å². The molecule has 1 saturated heterocycles. The van der Waals surface area contributed by atoms with Gasteiger partial charge in [-0.15, -0.1) is 0 Å². The molecule has 17 heavy (non-hydrogen) atoms. The lowest BCUT2D eigenvalue weighted by Gasteiger charge is -2.17. The first-order valence-corrected chi connectivity index (χ1v) is 7.33. The van der Waals surface area contributed by atoms with Gasteiger partial charge in [0.15, 0.2) is 0 Å². The summed E-state index contributed by atoms with van der Waals surface area (Å²) in [5.41, 5.74) is 2.64. The van der Waals surface area contributed by atoms with Gasteiger partial charge in [-0.25, -0.2) is 0 Å². The first-order chi connectivity index (χ1) is 8.16. The Kier molecular flexibility index (Phi) is 4.35. The van der Waals surface area contributed by atoms with Crippen LogP contribution in [-0.4, -0.2) is 31.1 Å². The number of hydrogen-bond donors (Lipinski definition) is 1. The lowest BCUT2D eigenvalue weighted by molar-refractivity contribution is 0.513. The second kappa shape index (κ2) is 5.78. The van der Waals surface area contributed by atoms with E-state index in [2.05, 4.69) is 67.3 Å². The molecule has 1 aliphatic rings. The van der Waals surface area contributed by atoms with Crippen molar-refractivity contribution >= 4 is 17.4 Å². The number of nitrogens with zero attached hydrogens (tertiary/aromatic N) is 1. The molecule has 0 amide bonds. The molecule has 1 N–H and O–H groups in total. The third kappa shape index (κ3) is 3.39. The predicted octanol–water partition coefficient (Wildman–Crippen LogP) is 2.74. The molecule has 2 rings (SSSR count). The first-order valence-electron chi connectivity index (χ1n) is 6.28. The summed E-state index contributed by atoms with van der Waals surface area (Å²) >= 11 is 2.08. The van der Waals surface area contributed by atoms with Crippen molar-refractivity contribution in [1.82, 2.24) is 5.32 Å². The normalized spacial score (nSPS) is 23.9. The average Bonchev–Trinajstić information content (AvgIpc) is 2.73. The van der Waals surface area contributed by atoms with Crippen molar-refractivity contribution in [2.75, 3.05) is 24.7 Å². The van der Waals surface area contributed by atoms with Crippen LogP contribution in [0.15, 0.2) is 24.3 Å². The Morgan fingerprint density at radius 3 is 2.53 bits per heavy atom. The summed E-state index contributed by atoms with van der Waals surface area (Å²) in [5, 5.41) is 4.42. The summed E-state index contributed by atoms with van der Waals surface area (Å²) in [7, 11) is 4.15. The Morgan fingerprint density at radius 2 is 2.00 bits per heavy atom. The first kappa shape index (κ1) is 12.8. The third-order valence-corrected chi connectivity index (χ3v) is 4.72. The minimum atomic E-state index is 0.688. The van der Waals surface area contributed by atoms with Crippen molar-refractivity contribution in [1.29, 1.82) is 0 Å². The van der Waals surface area contributed by atoms with Crippen molar-refractivity contribution in [3.8, 4) is 0 Å². The van der Waals surface area contributed by atoms with Crippen molar-refractivity contribution < 1.29 is 0 Å². The van der Waals surface area contributed by atoms with Crippen LogP contribution in [0.5, 0.6) is 0 Å². The standard InChI is InChI=1S/C14H22N2S/c1-11-14(8-9-17-11)15-10-12-4-6-13(7-5-12)16(2)3/h4-7,11,14-15H,8-10H2,1-3H3. The molecular formula is C14H22N2S. The van der Waals surface area contributed by atoms with E-state index in [9.17, 15) is 0 Å². The van der Waals surface area contributed by atoms with Gasteiger partial charge in [0.2, 0.25) is 0 Å². The largest absolute Gasteiger partial charge is 0.378 e. The highest BCUT2D eigenvalue weighted by atomic mass is 32.2. The van der Waals surface area contributed by atoms with Gasteiger partial charge in [0.05, 0.1) is 0 Å². The molecule has 0 aromatic heterocycles. The lowest BCUT2D eigenvalue weighted by Crippen LogP contribution is -2.32. The highest BCUT2D eigenvalue weighted by Gasteiger charge is 2.22. The second-order valence-corrected chi connectivity index (χ2v) is 6.40. The van der Waals surface area contributed by atoms with Gasteiger partial charge < -0.3 is 10.2 Å². The van der Waals surface area contributed by atoms with Gasteiger partial charge in [0, 0.05) is 37.6 Å². The highest BCUT2D eigenvalue weighted by molar-refractivity contribution is 8.00. The van der Waals surface area contributed by atoms with Crippen LogP contribution in [0.3, 0.4) is 0 Å². The van der Waals surface area contributed by atoms with Crippen LogP contribution in [-0.2, 0) is 6.54 Å². The van der Waals surface area contributed by atoms with Gasteiger partial charge in [-0.2, -0.15) is 11.8 Å². The van der Waals surface area contributed by atoms with Crippen LogP contribution >= 0.6 is 11.8 Å². The van der Waals surface area contributed by atoms with Gasteiger partial charge in [-0.05, 0) is 29.9 Å². The molecule has 1 heterocycles. The molecule has 0 aliphatic carbocycles. The topological polar surface area (TPSA) is 15.3 Å². The minimum absolute atomic E-state index is 0.688. The van der Waals surface area contributed by atoms with Crippen LogP contribution in [0.2, 0.25) is 0 Å². The summed E-state index contributed by atoms with van der Waals surface area (Å²) in [6.07, 6.45) is 1.31. The van der Waals surface area contributed by atoms with Crippen molar-refractivity contribution in [3.63, 3.8) is 0 Å². The Balaban J connectivity index is 1.86. The Labute approximate surface area is 109 Å². The Hall–Kier alpha value is -0.670. The van der Waals surface area contributed by atoms with Gasteiger partial charge in [-0.3, -0.25) is 0 Å². The number of anilines is 1. The SMILES string of the molecule is CC1SCCC1NCc1ccc(N(C)C)cc1. The average molecular weight is 250 g/mol. The fraction of sp³-hybridized carbons (Fsp3) is 0.571. The molecular weight excluding hydrogens is 228 g/mol. The maximum Gasteiger partial charge on any atom is 0.0361 e. The van der Waals surface area contributed by atoms with Gasteiger partial charge in [-0.1, -0.05) is 19.1 Å². The lowest BCUT2D eigenvalue weighted by atomic mass is 10.1. The van der Waals surface area contributed by atoms with E-state index < -0.39 is 0 Å². The van der Waals surface area contributed by atoms with Crippen LogP contribution in [0, 0.1) is 0 Å². The molecule has 0 spiro atoms. The van der Waals surface area contributed by atoms with Crippen molar-refractivity contribution in [3.05, 3.63) is 29.8 Å². The Bertz CT molecular complexity index is 348. The monoisotopic (exact) mass is 250 g/mol. The van der Waals surface area contributed by atoms with Crippen molar-refractivity contribution in [2.24, 2.45) is 0 Å². The third-order valence-electron chi connectivity index (χ3n) is 3.40. The number of hydrogen-bond acceptors (Lipinski definition) is 3. The zero-order valence-electron chi connectivity index (χ0n) is 10.9. The second-order valence-electron chi connectivity index (χ2n) is 4.91. The summed E-state index contributed by atoms with van der Waals surface area (Å²) < 4.78 is 0. The molecule has 3 heteroatoms. The van der Waals surface area contributed by atoms with Gasteiger partial charge in [0.1, 0.15) is 0 Å². The van der Waals surface area contributed by atoms with Crippen LogP contribution in [0.25, 0.3) is 0 Å². The molecule has 1 aromatic carbocycles. The molecule has 1 fully saturated rings. The number of thioether (sulfide) groups is 1. The molecule has 0 saturated carbocycles. The zero-order chi connectivity index (χ0) is 12.3. The van der Waals surface area contributed by atoms with E-state index >= 15 is 0 Å². The smallest absolute Gasteiger partial charge is 0.0361 e. The minimum Gasteiger partial charge on any atom is -0.378 e. The molecule has 94 valence electrons. The molecule has 0 radical (unpaired) electrons. The molecule has 2 nitrogen and oxygen atoms in total. The molecule has 0 bridgehead atoms. The zero-order valence-corrected chi connectivity index (χ0v) is 11.8. The Morgan fingerprint density at radius 1 is 1.29 bits per heavy atom. The highest BCUT2D eigenvalue weighted by Crippen LogP contribution is 2.26. The fourth-order valence-corrected chi connectivity index (χ4v) is 3.39. The molecule has 2 unspecified atom stereocenters. The summed E-state index contributed by atoms with van der Waals surface area (Å²) in [4.78, 5) is 2.13. The van der Waals surface area contributed by atoms with Gasteiger partial charge in [0.25, 0.3) is 0 Å².